The first-order valence-corrected chi connectivity index (χ1v) is 19.7. The van der Waals surface area contributed by atoms with Crippen LogP contribution in [-0.4, -0.2) is 15.0 Å². The van der Waals surface area contributed by atoms with Gasteiger partial charge in [-0.3, -0.25) is 0 Å². The average molecular weight is 774 g/mol. The second-order valence-electron chi connectivity index (χ2n) is 13.6. The maximum Gasteiger partial charge on any atom is 0.164 e. The van der Waals surface area contributed by atoms with E-state index in [2.05, 4.69) is 83.8 Å². The van der Waals surface area contributed by atoms with Crippen molar-refractivity contribution in [3.05, 3.63) is 176 Å². The van der Waals surface area contributed by atoms with E-state index in [0.29, 0.717) is 27.5 Å². The Morgan fingerprint density at radius 1 is 0.386 bits per heavy atom. The number of nitrogens with zero attached hydrogens (tertiary/aromatic N) is 3. The standard InChI is InChI=1S/C51H29N3OS2/c1-3-12-30(13-4-1)49-52-50(31-14-5-2-6-15-31)54-51(53-49)38-18-11-19-41-47(38)36-24-22-32(28-42(36)55-41)34-27-39(48-37-17-8-10-21-44(37)57-46(48)29-34)33-23-25-45-40(26-33)35-16-7-9-20-43(35)56-45/h1-29H/i1D,2D,3D,4D,5D,6D,12D,13D,14D,15D. The maximum atomic E-state index is 8.75. The van der Waals surface area contributed by atoms with Gasteiger partial charge >= 0.3 is 0 Å². The third kappa shape index (κ3) is 5.30. The number of aromatic nitrogens is 3. The SMILES string of the molecule is [2H]c1c([2H])c([2H])c(-c2nc(-c3c([2H])c([2H])c([2H])c([2H])c3[2H])nc(-c3cccc4oc5cc(-c6cc(-c7ccc8sc9ccccc9c8c7)c7c(c6)sc6ccccc67)ccc5c34)n2)c([2H])c1[2H]. The zero-order chi connectivity index (χ0) is 46.2. The summed E-state index contributed by atoms with van der Waals surface area (Å²) in [5.41, 5.74) is 4.94. The van der Waals surface area contributed by atoms with Crippen LogP contribution >= 0.6 is 22.7 Å². The smallest absolute Gasteiger partial charge is 0.164 e. The molecule has 6 heteroatoms. The molecule has 0 fully saturated rings. The molecule has 0 aliphatic rings. The lowest BCUT2D eigenvalue weighted by atomic mass is 9.93. The van der Waals surface area contributed by atoms with E-state index in [9.17, 15) is 0 Å². The fraction of sp³-hybridized carbons (Fsp3) is 0. The normalized spacial score (nSPS) is 14.3. The highest BCUT2D eigenvalue weighted by Gasteiger charge is 2.20. The van der Waals surface area contributed by atoms with Gasteiger partial charge in [0.1, 0.15) is 11.2 Å². The molecule has 12 rings (SSSR count). The molecule has 0 atom stereocenters. The Morgan fingerprint density at radius 2 is 1.04 bits per heavy atom. The van der Waals surface area contributed by atoms with Gasteiger partial charge in [-0.1, -0.05) is 121 Å². The lowest BCUT2D eigenvalue weighted by molar-refractivity contribution is 0.669. The second kappa shape index (κ2) is 12.8. The van der Waals surface area contributed by atoms with Crippen molar-refractivity contribution in [2.75, 3.05) is 0 Å². The molecule has 4 heterocycles. The first kappa shape index (κ1) is 23.8. The van der Waals surface area contributed by atoms with Crippen LogP contribution in [0.15, 0.2) is 180 Å². The molecule has 0 saturated heterocycles. The summed E-state index contributed by atoms with van der Waals surface area (Å²) in [5.74, 6) is -0.712. The van der Waals surface area contributed by atoms with Crippen molar-refractivity contribution in [3.63, 3.8) is 0 Å². The van der Waals surface area contributed by atoms with Crippen LogP contribution in [0.3, 0.4) is 0 Å². The summed E-state index contributed by atoms with van der Waals surface area (Å²) in [6.45, 7) is 0. The van der Waals surface area contributed by atoms with Gasteiger partial charge in [0.05, 0.1) is 13.7 Å². The first-order chi connectivity index (χ1) is 32.4. The van der Waals surface area contributed by atoms with Crippen molar-refractivity contribution in [1.82, 2.24) is 15.0 Å². The molecule has 0 saturated carbocycles. The van der Waals surface area contributed by atoms with Crippen molar-refractivity contribution in [2.24, 2.45) is 0 Å². The maximum absolute atomic E-state index is 8.75. The van der Waals surface area contributed by atoms with Gasteiger partial charge in [-0.05, 0) is 76.9 Å². The van der Waals surface area contributed by atoms with Gasteiger partial charge in [0, 0.05) is 67.8 Å². The first-order valence-electron chi connectivity index (χ1n) is 23.1. The minimum atomic E-state index is -0.614. The van der Waals surface area contributed by atoms with Gasteiger partial charge in [-0.2, -0.15) is 0 Å². The number of furan rings is 1. The number of hydrogen-bond donors (Lipinski definition) is 0. The predicted octanol–water partition coefficient (Wildman–Crippen LogP) is 14.8. The van der Waals surface area contributed by atoms with Gasteiger partial charge < -0.3 is 4.42 Å². The van der Waals surface area contributed by atoms with Crippen LogP contribution in [0.1, 0.15) is 13.7 Å². The molecule has 57 heavy (non-hydrogen) atoms. The molecule has 12 aromatic rings. The third-order valence-electron chi connectivity index (χ3n) is 10.3. The highest BCUT2D eigenvalue weighted by molar-refractivity contribution is 7.26. The van der Waals surface area contributed by atoms with Crippen molar-refractivity contribution < 1.29 is 18.1 Å². The van der Waals surface area contributed by atoms with Crippen LogP contribution in [0.5, 0.6) is 0 Å². The lowest BCUT2D eigenvalue weighted by Crippen LogP contribution is -2.00. The quantitative estimate of drug-likeness (QED) is 0.175. The lowest BCUT2D eigenvalue weighted by Gasteiger charge is -2.10. The summed E-state index contributed by atoms with van der Waals surface area (Å²) < 4.78 is 96.3. The Kier molecular flexibility index (Phi) is 5.34. The monoisotopic (exact) mass is 773 g/mol. The predicted molar refractivity (Wildman–Crippen MR) is 240 cm³/mol. The van der Waals surface area contributed by atoms with Crippen LogP contribution in [0.2, 0.25) is 0 Å². The minimum absolute atomic E-state index is 0.0359. The van der Waals surface area contributed by atoms with E-state index in [-0.39, 0.29) is 28.6 Å². The summed E-state index contributed by atoms with van der Waals surface area (Å²) in [4.78, 5) is 13.8. The average Bonchev–Trinajstić information content (AvgIpc) is 4.04. The van der Waals surface area contributed by atoms with E-state index in [0.717, 1.165) is 27.0 Å². The Hall–Kier alpha value is -6.99. The van der Waals surface area contributed by atoms with Crippen LogP contribution in [-0.2, 0) is 0 Å². The zero-order valence-electron chi connectivity index (χ0n) is 39.5. The summed E-state index contributed by atoms with van der Waals surface area (Å²) in [6.07, 6.45) is 0. The Balaban J connectivity index is 1.06. The third-order valence-corrected chi connectivity index (χ3v) is 12.6. The van der Waals surface area contributed by atoms with E-state index in [1.165, 1.54) is 35.6 Å². The van der Waals surface area contributed by atoms with Gasteiger partial charge in [-0.25, -0.2) is 15.0 Å². The molecule has 0 spiro atoms. The van der Waals surface area contributed by atoms with Gasteiger partial charge in [0.15, 0.2) is 17.5 Å². The number of benzene rings is 8. The van der Waals surface area contributed by atoms with Crippen LogP contribution in [0.25, 0.3) is 119 Å². The summed E-state index contributed by atoms with van der Waals surface area (Å²) in [5, 5.41) is 6.15. The second-order valence-corrected chi connectivity index (χ2v) is 15.8. The molecule has 0 unspecified atom stereocenters. The molecule has 0 aliphatic heterocycles. The highest BCUT2D eigenvalue weighted by Crippen LogP contribution is 2.45. The molecule has 4 nitrogen and oxygen atoms in total. The highest BCUT2D eigenvalue weighted by atomic mass is 32.1. The Morgan fingerprint density at radius 3 is 1.81 bits per heavy atom. The molecule has 0 bridgehead atoms. The Bertz CT molecular complexity index is 4000. The fourth-order valence-electron chi connectivity index (χ4n) is 7.78. The van der Waals surface area contributed by atoms with Gasteiger partial charge in [0.2, 0.25) is 0 Å². The summed E-state index contributed by atoms with van der Waals surface area (Å²) >= 11 is 3.54. The topological polar surface area (TPSA) is 51.8 Å². The molecule has 0 aliphatic carbocycles. The Labute approximate surface area is 349 Å². The van der Waals surface area contributed by atoms with E-state index >= 15 is 0 Å². The van der Waals surface area contributed by atoms with E-state index in [1.807, 2.05) is 18.2 Å². The number of rotatable bonds is 5. The number of hydrogen-bond acceptors (Lipinski definition) is 6. The zero-order valence-corrected chi connectivity index (χ0v) is 31.2. The van der Waals surface area contributed by atoms with Gasteiger partial charge in [-0.15, -0.1) is 22.7 Å². The summed E-state index contributed by atoms with van der Waals surface area (Å²) in [7, 11) is 0. The van der Waals surface area contributed by atoms with Gasteiger partial charge in [0.25, 0.3) is 0 Å². The van der Waals surface area contributed by atoms with E-state index < -0.39 is 60.4 Å². The number of fused-ring (bicyclic) bond motifs is 9. The van der Waals surface area contributed by atoms with Crippen molar-refractivity contribution in [1.29, 1.82) is 0 Å². The van der Waals surface area contributed by atoms with Crippen molar-refractivity contribution in [2.45, 2.75) is 0 Å². The van der Waals surface area contributed by atoms with Crippen molar-refractivity contribution >= 4 is 85.0 Å². The van der Waals surface area contributed by atoms with Crippen LogP contribution < -0.4 is 0 Å². The minimum Gasteiger partial charge on any atom is -0.456 e. The molecular formula is C51H29N3OS2. The molecule has 4 aromatic heterocycles. The molecule has 8 aromatic carbocycles. The van der Waals surface area contributed by atoms with E-state index in [4.69, 9.17) is 28.1 Å². The van der Waals surface area contributed by atoms with Crippen molar-refractivity contribution in [3.8, 4) is 56.4 Å². The molecular weight excluding hydrogens is 735 g/mol. The number of thiophene rings is 2. The largest absolute Gasteiger partial charge is 0.456 e. The fourth-order valence-corrected chi connectivity index (χ4v) is 10.0. The van der Waals surface area contributed by atoms with Crippen LogP contribution in [0.4, 0.5) is 0 Å². The van der Waals surface area contributed by atoms with E-state index in [1.54, 1.807) is 40.9 Å². The summed E-state index contributed by atoms with van der Waals surface area (Å²) in [6, 6.07) is 33.5. The molecule has 0 radical (unpaired) electrons. The molecule has 0 N–H and O–H groups in total. The van der Waals surface area contributed by atoms with Crippen LogP contribution in [0, 0.1) is 0 Å². The molecule has 266 valence electrons. The molecule has 0 amide bonds.